The maximum Gasteiger partial charge on any atom is 0.261 e. The Kier molecular flexibility index (Phi) is 5.94. The first-order valence-corrected chi connectivity index (χ1v) is 12.0. The van der Waals surface area contributed by atoms with Crippen LogP contribution in [0.1, 0.15) is 47.3 Å². The van der Waals surface area contributed by atoms with Crippen molar-refractivity contribution in [3.63, 3.8) is 0 Å². The number of aromatic nitrogens is 1. The number of rotatable bonds is 6. The Bertz CT molecular complexity index is 1070. The number of amides is 1. The first-order chi connectivity index (χ1) is 14.0. The molecule has 2 aromatic heterocycles. The van der Waals surface area contributed by atoms with Gasteiger partial charge in [0, 0.05) is 25.0 Å². The molecule has 0 radical (unpaired) electrons. The van der Waals surface area contributed by atoms with Gasteiger partial charge in [-0.15, -0.1) is 11.3 Å². The molecule has 4 rings (SSSR count). The summed E-state index contributed by atoms with van der Waals surface area (Å²) in [6.07, 6.45) is 8.57. The van der Waals surface area contributed by atoms with Crippen LogP contribution in [0.15, 0.2) is 53.7 Å². The average molecular weight is 430 g/mol. The van der Waals surface area contributed by atoms with Crippen LogP contribution in [0.3, 0.4) is 0 Å². The van der Waals surface area contributed by atoms with Crippen LogP contribution < -0.4 is 10.0 Å². The van der Waals surface area contributed by atoms with Crippen LogP contribution in [-0.4, -0.2) is 25.4 Å². The maximum absolute atomic E-state index is 12.6. The van der Waals surface area contributed by atoms with Crippen LogP contribution in [0.25, 0.3) is 10.1 Å². The molecule has 152 valence electrons. The predicted molar refractivity (Wildman–Crippen MR) is 114 cm³/mol. The fourth-order valence-electron chi connectivity index (χ4n) is 3.56. The highest BCUT2D eigenvalue weighted by atomic mass is 32.2. The number of thiophene rings is 1. The molecule has 0 atom stereocenters. The number of nitrogens with one attached hydrogen (secondary N) is 2. The van der Waals surface area contributed by atoms with E-state index in [-0.39, 0.29) is 16.8 Å². The van der Waals surface area contributed by atoms with Gasteiger partial charge in [-0.05, 0) is 48.1 Å². The van der Waals surface area contributed by atoms with E-state index in [0.717, 1.165) is 41.3 Å². The molecule has 1 aromatic carbocycles. The Hall–Kier alpha value is -2.29. The summed E-state index contributed by atoms with van der Waals surface area (Å²) >= 11 is 1.40. The van der Waals surface area contributed by atoms with Gasteiger partial charge in [0.15, 0.2) is 0 Å². The number of hydrogen-bond donors (Lipinski definition) is 2. The molecule has 1 aliphatic carbocycles. The number of fused-ring (bicyclic) bond motifs is 1. The second-order valence-electron chi connectivity index (χ2n) is 7.31. The van der Waals surface area contributed by atoms with E-state index >= 15 is 0 Å². The zero-order valence-electron chi connectivity index (χ0n) is 15.9. The lowest BCUT2D eigenvalue weighted by Gasteiger charge is -2.22. The van der Waals surface area contributed by atoms with Gasteiger partial charge in [0.1, 0.15) is 0 Å². The van der Waals surface area contributed by atoms with Crippen LogP contribution in [0.2, 0.25) is 0 Å². The monoisotopic (exact) mass is 429 g/mol. The van der Waals surface area contributed by atoms with Crippen LogP contribution in [0.4, 0.5) is 0 Å². The van der Waals surface area contributed by atoms with Gasteiger partial charge in [0.05, 0.1) is 14.5 Å². The van der Waals surface area contributed by atoms with E-state index in [1.54, 1.807) is 36.7 Å². The summed E-state index contributed by atoms with van der Waals surface area (Å²) in [5, 5.41) is 3.88. The average Bonchev–Trinajstić information content (AvgIpc) is 3.17. The molecule has 1 fully saturated rings. The second-order valence-corrected chi connectivity index (χ2v) is 10.1. The van der Waals surface area contributed by atoms with Crippen molar-refractivity contribution in [3.8, 4) is 0 Å². The fourth-order valence-corrected chi connectivity index (χ4v) is 5.81. The summed E-state index contributed by atoms with van der Waals surface area (Å²) < 4.78 is 28.9. The Labute approximate surface area is 174 Å². The Morgan fingerprint density at radius 1 is 1.10 bits per heavy atom. The maximum atomic E-state index is 12.6. The van der Waals surface area contributed by atoms with Crippen molar-refractivity contribution in [2.45, 2.75) is 49.6 Å². The molecular formula is C21H23N3O3S2. The van der Waals surface area contributed by atoms with E-state index in [1.807, 2.05) is 12.1 Å². The Morgan fingerprint density at radius 2 is 1.86 bits per heavy atom. The van der Waals surface area contributed by atoms with Gasteiger partial charge in [-0.2, -0.15) is 0 Å². The molecule has 1 amide bonds. The summed E-state index contributed by atoms with van der Waals surface area (Å²) in [6, 6.07) is 10.4. The van der Waals surface area contributed by atoms with Crippen LogP contribution in [0.5, 0.6) is 0 Å². The number of carbonyl (C=O) groups excluding carboxylic acids is 1. The molecule has 6 nitrogen and oxygen atoms in total. The SMILES string of the molecule is O=C(NCc1ccc(S(=O)(=O)NC2CCCCC2)cc1)c1cc2ccncc2s1. The van der Waals surface area contributed by atoms with E-state index in [0.29, 0.717) is 11.4 Å². The predicted octanol–water partition coefficient (Wildman–Crippen LogP) is 3.84. The lowest BCUT2D eigenvalue weighted by Crippen LogP contribution is -2.36. The first kappa shape index (κ1) is 20.0. The van der Waals surface area contributed by atoms with Crippen molar-refractivity contribution < 1.29 is 13.2 Å². The standard InChI is InChI=1S/C21H23N3O3S2/c25-21(19-12-16-10-11-22-14-20(16)28-19)23-13-15-6-8-18(9-7-15)29(26,27)24-17-4-2-1-3-5-17/h6-12,14,17,24H,1-5,13H2,(H,23,25). The van der Waals surface area contributed by atoms with Gasteiger partial charge >= 0.3 is 0 Å². The van der Waals surface area contributed by atoms with E-state index in [9.17, 15) is 13.2 Å². The highest BCUT2D eigenvalue weighted by Gasteiger charge is 2.21. The lowest BCUT2D eigenvalue weighted by molar-refractivity contribution is 0.0955. The molecule has 0 bridgehead atoms. The molecule has 0 aliphatic heterocycles. The molecule has 0 spiro atoms. The number of pyridine rings is 1. The molecule has 3 aromatic rings. The number of sulfonamides is 1. The van der Waals surface area contributed by atoms with Crippen LogP contribution in [0, 0.1) is 0 Å². The minimum atomic E-state index is -3.51. The summed E-state index contributed by atoms with van der Waals surface area (Å²) in [6.45, 7) is 0.335. The first-order valence-electron chi connectivity index (χ1n) is 9.74. The zero-order valence-corrected chi connectivity index (χ0v) is 17.6. The highest BCUT2D eigenvalue weighted by molar-refractivity contribution is 7.89. The smallest absolute Gasteiger partial charge is 0.261 e. The van der Waals surface area contributed by atoms with Crippen molar-refractivity contribution in [2.24, 2.45) is 0 Å². The molecule has 0 unspecified atom stereocenters. The van der Waals surface area contributed by atoms with Gasteiger partial charge in [0.2, 0.25) is 10.0 Å². The molecule has 2 N–H and O–H groups in total. The molecule has 1 saturated carbocycles. The minimum absolute atomic E-state index is 0.0317. The van der Waals surface area contributed by atoms with Crippen molar-refractivity contribution >= 4 is 37.4 Å². The van der Waals surface area contributed by atoms with Crippen molar-refractivity contribution in [2.75, 3.05) is 0 Å². The molecule has 29 heavy (non-hydrogen) atoms. The number of benzene rings is 1. The Morgan fingerprint density at radius 3 is 2.59 bits per heavy atom. The molecule has 0 saturated heterocycles. The summed E-state index contributed by atoms with van der Waals surface area (Å²) in [5.74, 6) is -0.151. The normalized spacial score (nSPS) is 15.4. The number of nitrogens with zero attached hydrogens (tertiary/aromatic N) is 1. The zero-order chi connectivity index (χ0) is 20.3. The van der Waals surface area contributed by atoms with Crippen molar-refractivity contribution in [1.29, 1.82) is 0 Å². The summed E-state index contributed by atoms with van der Waals surface area (Å²) in [5.41, 5.74) is 0.845. The topological polar surface area (TPSA) is 88.2 Å². The summed E-state index contributed by atoms with van der Waals surface area (Å²) in [7, 11) is -3.51. The fraction of sp³-hybridized carbons (Fsp3) is 0.333. The molecule has 2 heterocycles. The molecular weight excluding hydrogens is 406 g/mol. The van der Waals surface area contributed by atoms with E-state index in [4.69, 9.17) is 0 Å². The van der Waals surface area contributed by atoms with E-state index < -0.39 is 10.0 Å². The van der Waals surface area contributed by atoms with Crippen molar-refractivity contribution in [3.05, 3.63) is 59.2 Å². The minimum Gasteiger partial charge on any atom is -0.347 e. The second kappa shape index (κ2) is 8.61. The van der Waals surface area contributed by atoms with Gasteiger partial charge in [0.25, 0.3) is 5.91 Å². The number of hydrogen-bond acceptors (Lipinski definition) is 5. The quantitative estimate of drug-likeness (QED) is 0.623. The van der Waals surface area contributed by atoms with E-state index in [1.165, 1.54) is 17.8 Å². The van der Waals surface area contributed by atoms with Crippen LogP contribution >= 0.6 is 11.3 Å². The van der Waals surface area contributed by atoms with Gasteiger partial charge in [-0.1, -0.05) is 31.4 Å². The van der Waals surface area contributed by atoms with Crippen LogP contribution in [-0.2, 0) is 16.6 Å². The summed E-state index contributed by atoms with van der Waals surface area (Å²) in [4.78, 5) is 17.4. The third kappa shape index (κ3) is 4.83. The Balaban J connectivity index is 1.37. The number of carbonyl (C=O) groups is 1. The van der Waals surface area contributed by atoms with E-state index in [2.05, 4.69) is 15.0 Å². The van der Waals surface area contributed by atoms with Gasteiger partial charge in [-0.3, -0.25) is 9.78 Å². The van der Waals surface area contributed by atoms with Crippen molar-refractivity contribution in [1.82, 2.24) is 15.0 Å². The van der Waals surface area contributed by atoms with Gasteiger partial charge in [-0.25, -0.2) is 13.1 Å². The molecule has 1 aliphatic rings. The lowest BCUT2D eigenvalue weighted by atomic mass is 9.96. The highest BCUT2D eigenvalue weighted by Crippen LogP contribution is 2.24. The molecule has 8 heteroatoms. The third-order valence-corrected chi connectivity index (χ3v) is 7.78. The van der Waals surface area contributed by atoms with Gasteiger partial charge < -0.3 is 5.32 Å². The third-order valence-electron chi connectivity index (χ3n) is 5.16. The largest absolute Gasteiger partial charge is 0.347 e.